The van der Waals surface area contributed by atoms with Crippen molar-refractivity contribution in [2.45, 2.75) is 24.3 Å². The lowest BCUT2D eigenvalue weighted by Crippen LogP contribution is -2.54. The van der Waals surface area contributed by atoms with Crippen molar-refractivity contribution in [3.8, 4) is 0 Å². The Bertz CT molecular complexity index is 762. The lowest BCUT2D eigenvalue weighted by molar-refractivity contribution is -0.00430. The second kappa shape index (κ2) is 8.21. The molecule has 3 rings (SSSR count). The predicted octanol–water partition coefficient (Wildman–Crippen LogP) is 4.74. The van der Waals surface area contributed by atoms with E-state index in [0.29, 0.717) is 13.2 Å². The molecule has 26 heavy (non-hydrogen) atoms. The van der Waals surface area contributed by atoms with Crippen LogP contribution >= 0.6 is 11.8 Å². The minimum Gasteiger partial charge on any atom is -0.379 e. The van der Waals surface area contributed by atoms with Gasteiger partial charge < -0.3 is 4.74 Å². The molecule has 2 aromatic carbocycles. The van der Waals surface area contributed by atoms with Crippen LogP contribution in [0, 0.1) is 0 Å². The summed E-state index contributed by atoms with van der Waals surface area (Å²) in [6.07, 6.45) is 0. The molecule has 0 atom stereocenters. The molecule has 1 saturated heterocycles. The van der Waals surface area contributed by atoms with Gasteiger partial charge in [0.15, 0.2) is 5.78 Å². The molecule has 0 aliphatic carbocycles. The Hall–Kier alpha value is -1.88. The Kier molecular flexibility index (Phi) is 5.97. The zero-order valence-electron chi connectivity index (χ0n) is 15.4. The van der Waals surface area contributed by atoms with E-state index >= 15 is 0 Å². The van der Waals surface area contributed by atoms with E-state index in [-0.39, 0.29) is 5.78 Å². The summed E-state index contributed by atoms with van der Waals surface area (Å²) in [5.74, 6) is 0.151. The predicted molar refractivity (Wildman–Crippen MR) is 109 cm³/mol. The maximum atomic E-state index is 13.0. The molecule has 1 aliphatic rings. The number of hydrogen-bond donors (Lipinski definition) is 0. The van der Waals surface area contributed by atoms with Gasteiger partial charge >= 0.3 is 0 Å². The van der Waals surface area contributed by atoms with Crippen LogP contribution in [0.4, 0.5) is 0 Å². The minimum atomic E-state index is -0.522. The number of rotatable bonds is 6. The van der Waals surface area contributed by atoms with E-state index in [1.54, 1.807) is 11.8 Å². The zero-order valence-corrected chi connectivity index (χ0v) is 16.2. The van der Waals surface area contributed by atoms with Gasteiger partial charge in [-0.05, 0) is 31.5 Å². The number of carbonyl (C=O) groups is 1. The molecule has 0 radical (unpaired) electrons. The summed E-state index contributed by atoms with van der Waals surface area (Å²) in [6, 6.07) is 18.0. The number of morpholine rings is 1. The average molecular weight is 368 g/mol. The highest BCUT2D eigenvalue weighted by molar-refractivity contribution is 8.08. The van der Waals surface area contributed by atoms with Gasteiger partial charge in [0.05, 0.1) is 18.8 Å². The van der Waals surface area contributed by atoms with Crippen molar-refractivity contribution in [3.05, 3.63) is 72.3 Å². The van der Waals surface area contributed by atoms with Crippen molar-refractivity contribution in [2.75, 3.05) is 26.3 Å². The number of thioether (sulfide) groups is 1. The highest BCUT2D eigenvalue weighted by Crippen LogP contribution is 2.33. The van der Waals surface area contributed by atoms with E-state index in [0.717, 1.165) is 34.0 Å². The SMILES string of the molecule is C=C(Sc1ccc(C(=O)C(C)(C)N2CCOCC2)cc1)c1ccccc1. The number of hydrogen-bond acceptors (Lipinski definition) is 4. The third kappa shape index (κ3) is 4.26. The van der Waals surface area contributed by atoms with Crippen LogP contribution in [0.5, 0.6) is 0 Å². The van der Waals surface area contributed by atoms with Crippen LogP contribution in [0.15, 0.2) is 66.1 Å². The molecule has 1 heterocycles. The van der Waals surface area contributed by atoms with E-state index in [4.69, 9.17) is 4.74 Å². The summed E-state index contributed by atoms with van der Waals surface area (Å²) in [4.78, 5) is 17.3. The van der Waals surface area contributed by atoms with Crippen LogP contribution < -0.4 is 0 Å². The van der Waals surface area contributed by atoms with Crippen molar-refractivity contribution in [3.63, 3.8) is 0 Å². The topological polar surface area (TPSA) is 29.5 Å². The summed E-state index contributed by atoms with van der Waals surface area (Å²) in [5, 5.41) is 0. The third-order valence-electron chi connectivity index (χ3n) is 4.81. The average Bonchev–Trinajstić information content (AvgIpc) is 2.69. The fraction of sp³-hybridized carbons (Fsp3) is 0.318. The maximum Gasteiger partial charge on any atom is 0.182 e. The molecule has 0 N–H and O–H groups in total. The zero-order chi connectivity index (χ0) is 18.6. The highest BCUT2D eigenvalue weighted by atomic mass is 32.2. The molecule has 2 aromatic rings. The van der Waals surface area contributed by atoms with Crippen molar-refractivity contribution >= 4 is 22.5 Å². The fourth-order valence-corrected chi connectivity index (χ4v) is 3.93. The lowest BCUT2D eigenvalue weighted by Gasteiger charge is -2.39. The molecular weight excluding hydrogens is 342 g/mol. The van der Waals surface area contributed by atoms with Gasteiger partial charge in [0.25, 0.3) is 0 Å². The Labute approximate surface area is 160 Å². The molecule has 0 amide bonds. The van der Waals surface area contributed by atoms with Crippen LogP contribution in [-0.4, -0.2) is 42.5 Å². The van der Waals surface area contributed by atoms with Crippen LogP contribution in [-0.2, 0) is 4.74 Å². The monoisotopic (exact) mass is 367 g/mol. The molecular formula is C22H25NO2S. The van der Waals surface area contributed by atoms with Gasteiger partial charge in [-0.2, -0.15) is 0 Å². The maximum absolute atomic E-state index is 13.0. The Morgan fingerprint density at radius 1 is 1.00 bits per heavy atom. The van der Waals surface area contributed by atoms with Crippen molar-refractivity contribution in [2.24, 2.45) is 0 Å². The second-order valence-corrected chi connectivity index (χ2v) is 8.07. The van der Waals surface area contributed by atoms with Gasteiger partial charge in [-0.3, -0.25) is 9.69 Å². The van der Waals surface area contributed by atoms with Crippen molar-refractivity contribution in [1.82, 2.24) is 4.90 Å². The quantitative estimate of drug-likeness (QED) is 0.545. The molecule has 4 heteroatoms. The van der Waals surface area contributed by atoms with Gasteiger partial charge in [0.2, 0.25) is 0 Å². The number of nitrogens with zero attached hydrogens (tertiary/aromatic N) is 1. The minimum absolute atomic E-state index is 0.151. The van der Waals surface area contributed by atoms with E-state index in [1.165, 1.54) is 0 Å². The van der Waals surface area contributed by atoms with Crippen LogP contribution in [0.2, 0.25) is 0 Å². The Balaban J connectivity index is 1.68. The normalized spacial score (nSPS) is 15.6. The van der Waals surface area contributed by atoms with Crippen molar-refractivity contribution < 1.29 is 9.53 Å². The van der Waals surface area contributed by atoms with Gasteiger partial charge in [0.1, 0.15) is 0 Å². The summed E-state index contributed by atoms with van der Waals surface area (Å²) in [5.41, 5.74) is 1.34. The van der Waals surface area contributed by atoms with Crippen LogP contribution in [0.25, 0.3) is 4.91 Å². The number of ketones is 1. The molecule has 1 aliphatic heterocycles. The molecule has 1 fully saturated rings. The lowest BCUT2D eigenvalue weighted by atomic mass is 9.91. The summed E-state index contributed by atoms with van der Waals surface area (Å²) in [7, 11) is 0. The highest BCUT2D eigenvalue weighted by Gasteiger charge is 2.35. The standard InChI is InChI=1S/C22H25NO2S/c1-17(18-7-5-4-6-8-18)26-20-11-9-19(10-12-20)21(24)22(2,3)23-13-15-25-16-14-23/h4-12H,1,13-16H2,2-3H3. The second-order valence-electron chi connectivity index (χ2n) is 6.90. The number of Topliss-reactive ketones (excluding diaryl/α,β-unsaturated/α-hetero) is 1. The Morgan fingerprint density at radius 3 is 2.23 bits per heavy atom. The summed E-state index contributed by atoms with van der Waals surface area (Å²) >= 11 is 1.62. The van der Waals surface area contributed by atoms with E-state index in [9.17, 15) is 4.79 Å². The first kappa shape index (κ1) is 18.9. The fourth-order valence-electron chi connectivity index (χ4n) is 3.12. The van der Waals surface area contributed by atoms with E-state index in [1.807, 2.05) is 56.3 Å². The molecule has 136 valence electrons. The van der Waals surface area contributed by atoms with Gasteiger partial charge in [-0.15, -0.1) is 0 Å². The first-order valence-corrected chi connectivity index (χ1v) is 9.70. The Morgan fingerprint density at radius 2 is 1.62 bits per heavy atom. The molecule has 0 aromatic heterocycles. The number of benzene rings is 2. The van der Waals surface area contributed by atoms with E-state index in [2.05, 4.69) is 23.6 Å². The van der Waals surface area contributed by atoms with Gasteiger partial charge in [-0.25, -0.2) is 0 Å². The van der Waals surface area contributed by atoms with Crippen LogP contribution in [0.3, 0.4) is 0 Å². The molecule has 0 unspecified atom stereocenters. The van der Waals surface area contributed by atoms with Crippen LogP contribution in [0.1, 0.15) is 29.8 Å². The third-order valence-corrected chi connectivity index (χ3v) is 5.80. The number of ether oxygens (including phenoxy) is 1. The number of carbonyl (C=O) groups excluding carboxylic acids is 1. The molecule has 0 saturated carbocycles. The largest absolute Gasteiger partial charge is 0.379 e. The smallest absolute Gasteiger partial charge is 0.182 e. The van der Waals surface area contributed by atoms with Gasteiger partial charge in [0, 0.05) is 28.5 Å². The van der Waals surface area contributed by atoms with Gasteiger partial charge in [-0.1, -0.05) is 60.8 Å². The first-order chi connectivity index (χ1) is 12.5. The molecule has 0 spiro atoms. The summed E-state index contributed by atoms with van der Waals surface area (Å²) < 4.78 is 5.41. The van der Waals surface area contributed by atoms with Crippen molar-refractivity contribution in [1.29, 1.82) is 0 Å². The molecule has 3 nitrogen and oxygen atoms in total. The molecule has 0 bridgehead atoms. The first-order valence-electron chi connectivity index (χ1n) is 8.88. The van der Waals surface area contributed by atoms with E-state index < -0.39 is 5.54 Å². The summed E-state index contributed by atoms with van der Waals surface area (Å²) in [6.45, 7) is 11.1.